The predicted molar refractivity (Wildman–Crippen MR) is 111 cm³/mol. The zero-order valence-electron chi connectivity index (χ0n) is 16.9. The lowest BCUT2D eigenvalue weighted by Crippen LogP contribution is -2.46. The fraction of sp³-hybridized carbons (Fsp3) is 0.476. The Morgan fingerprint density at radius 2 is 1.90 bits per heavy atom. The number of hydrogen-bond donors (Lipinski definition) is 2. The maximum atomic E-state index is 13.2. The van der Waals surface area contributed by atoms with Crippen molar-refractivity contribution in [2.45, 2.75) is 45.2 Å². The van der Waals surface area contributed by atoms with Crippen LogP contribution < -0.4 is 16.1 Å². The van der Waals surface area contributed by atoms with E-state index in [9.17, 15) is 14.0 Å². The summed E-state index contributed by atoms with van der Waals surface area (Å²) in [6, 6.07) is 4.91. The third-order valence-electron chi connectivity index (χ3n) is 5.27. The third kappa shape index (κ3) is 5.41. The Morgan fingerprint density at radius 1 is 1.24 bits per heavy atom. The number of carbonyl (C=O) groups is 2. The molecule has 0 aromatic heterocycles. The average molecular weight is 401 g/mol. The zero-order valence-corrected chi connectivity index (χ0v) is 16.9. The summed E-state index contributed by atoms with van der Waals surface area (Å²) in [6.07, 6.45) is 4.09. The molecule has 7 nitrogen and oxygen atoms in total. The van der Waals surface area contributed by atoms with Crippen LogP contribution in [0.25, 0.3) is 0 Å². The number of hydrogen-bond acceptors (Lipinski definition) is 5. The largest absolute Gasteiger partial charge is 0.368 e. The number of hydrazone groups is 1. The summed E-state index contributed by atoms with van der Waals surface area (Å²) in [6.45, 7) is 6.95. The number of carbonyl (C=O) groups excluding carboxylic acids is 2. The lowest BCUT2D eigenvalue weighted by atomic mass is 10.0. The van der Waals surface area contributed by atoms with Gasteiger partial charge in [0.15, 0.2) is 0 Å². The Balaban J connectivity index is 1.60. The van der Waals surface area contributed by atoms with Crippen LogP contribution in [0.15, 0.2) is 41.0 Å². The fourth-order valence-corrected chi connectivity index (χ4v) is 3.54. The highest BCUT2D eigenvalue weighted by atomic mass is 19.1. The van der Waals surface area contributed by atoms with Crippen molar-refractivity contribution in [2.24, 2.45) is 10.8 Å². The van der Waals surface area contributed by atoms with Crippen LogP contribution in [0.3, 0.4) is 0 Å². The number of nitrogens with two attached hydrogens (primary N) is 1. The number of primary amides is 1. The number of piperidine rings is 1. The van der Waals surface area contributed by atoms with Crippen LogP contribution in [0, 0.1) is 5.82 Å². The van der Waals surface area contributed by atoms with Crippen molar-refractivity contribution in [1.29, 1.82) is 0 Å². The molecule has 1 fully saturated rings. The second-order valence-electron chi connectivity index (χ2n) is 7.82. The maximum absolute atomic E-state index is 13.2. The summed E-state index contributed by atoms with van der Waals surface area (Å²) in [7, 11) is 0. The number of likely N-dealkylation sites (tertiary alicyclic amines) is 1. The molecule has 0 radical (unpaired) electrons. The van der Waals surface area contributed by atoms with Crippen molar-refractivity contribution < 1.29 is 14.0 Å². The molecule has 1 aromatic carbocycles. The molecule has 0 saturated carbocycles. The Bertz CT molecular complexity index is 809. The van der Waals surface area contributed by atoms with Crippen LogP contribution in [-0.4, -0.2) is 54.1 Å². The van der Waals surface area contributed by atoms with E-state index < -0.39 is 11.9 Å². The minimum atomic E-state index is -0.757. The van der Waals surface area contributed by atoms with Crippen molar-refractivity contribution in [3.05, 3.63) is 41.7 Å². The first-order chi connectivity index (χ1) is 13.8. The molecule has 2 aliphatic rings. The quantitative estimate of drug-likeness (QED) is 0.711. The molecule has 1 saturated heterocycles. The first kappa shape index (κ1) is 21.0. The molecule has 156 valence electrons. The van der Waals surface area contributed by atoms with Gasteiger partial charge in [0, 0.05) is 32.1 Å². The maximum Gasteiger partial charge on any atom is 0.267 e. The van der Waals surface area contributed by atoms with Gasteiger partial charge in [-0.1, -0.05) is 11.6 Å². The number of halogens is 1. The summed E-state index contributed by atoms with van der Waals surface area (Å²) >= 11 is 0. The number of nitrogens with one attached hydrogen (secondary N) is 1. The van der Waals surface area contributed by atoms with Crippen molar-refractivity contribution in [2.75, 3.05) is 24.6 Å². The van der Waals surface area contributed by atoms with E-state index in [1.54, 1.807) is 0 Å². The molecule has 1 unspecified atom stereocenters. The van der Waals surface area contributed by atoms with Crippen LogP contribution >= 0.6 is 0 Å². The van der Waals surface area contributed by atoms with Crippen LogP contribution in [0.1, 0.15) is 33.1 Å². The van der Waals surface area contributed by atoms with Crippen molar-refractivity contribution in [3.8, 4) is 0 Å². The van der Waals surface area contributed by atoms with E-state index in [2.05, 4.69) is 35.2 Å². The number of anilines is 1. The van der Waals surface area contributed by atoms with Gasteiger partial charge in [-0.15, -0.1) is 0 Å². The van der Waals surface area contributed by atoms with Gasteiger partial charge in [0.1, 0.15) is 17.6 Å². The first-order valence-corrected chi connectivity index (χ1v) is 9.91. The number of allylic oxidation sites excluding steroid dienone is 1. The Labute approximate surface area is 170 Å². The highest BCUT2D eigenvalue weighted by Crippen LogP contribution is 2.25. The summed E-state index contributed by atoms with van der Waals surface area (Å²) in [4.78, 5) is 26.9. The van der Waals surface area contributed by atoms with Gasteiger partial charge in [-0.3, -0.25) is 19.5 Å². The van der Waals surface area contributed by atoms with E-state index in [0.717, 1.165) is 32.5 Å². The second kappa shape index (κ2) is 9.17. The fourth-order valence-electron chi connectivity index (χ4n) is 3.54. The van der Waals surface area contributed by atoms with Gasteiger partial charge in [0.2, 0.25) is 5.91 Å². The van der Waals surface area contributed by atoms with Gasteiger partial charge >= 0.3 is 0 Å². The molecule has 3 N–H and O–H groups in total. The molecule has 2 aliphatic heterocycles. The second-order valence-corrected chi connectivity index (χ2v) is 7.82. The van der Waals surface area contributed by atoms with Gasteiger partial charge in [0.25, 0.3) is 5.91 Å². The summed E-state index contributed by atoms with van der Waals surface area (Å²) < 4.78 is 13.2. The Hall–Kier alpha value is -2.74. The molecule has 2 heterocycles. The molecule has 8 heteroatoms. The Kier molecular flexibility index (Phi) is 6.64. The minimum Gasteiger partial charge on any atom is -0.368 e. The SMILES string of the molecule is CC(C)=CCN1CCC(NC(=O)C2=NN(c3ccc(F)cc3)C(C(N)=O)C2)CC1. The molecule has 3 rings (SSSR count). The molecule has 0 spiro atoms. The summed E-state index contributed by atoms with van der Waals surface area (Å²) in [5.74, 6) is -1.24. The third-order valence-corrected chi connectivity index (χ3v) is 5.27. The van der Waals surface area contributed by atoms with Gasteiger partial charge in [0.05, 0.1) is 5.69 Å². The molecule has 29 heavy (non-hydrogen) atoms. The van der Waals surface area contributed by atoms with Crippen LogP contribution in [0.5, 0.6) is 0 Å². The molecule has 0 bridgehead atoms. The molecule has 1 aromatic rings. The zero-order chi connectivity index (χ0) is 21.0. The van der Waals surface area contributed by atoms with E-state index in [-0.39, 0.29) is 29.9 Å². The van der Waals surface area contributed by atoms with Gasteiger partial charge in [-0.2, -0.15) is 5.10 Å². The van der Waals surface area contributed by atoms with Gasteiger partial charge in [-0.05, 0) is 51.0 Å². The van der Waals surface area contributed by atoms with E-state index in [1.165, 1.54) is 34.8 Å². The first-order valence-electron chi connectivity index (χ1n) is 9.91. The molecular weight excluding hydrogens is 373 g/mol. The lowest BCUT2D eigenvalue weighted by Gasteiger charge is -2.31. The average Bonchev–Trinajstić information content (AvgIpc) is 3.14. The van der Waals surface area contributed by atoms with Crippen molar-refractivity contribution in [1.82, 2.24) is 10.2 Å². The predicted octanol–water partition coefficient (Wildman–Crippen LogP) is 1.79. The summed E-state index contributed by atoms with van der Waals surface area (Å²) in [5, 5.41) is 8.75. The topological polar surface area (TPSA) is 91.0 Å². The minimum absolute atomic E-state index is 0.0834. The van der Waals surface area contributed by atoms with E-state index in [1.807, 2.05) is 0 Å². The van der Waals surface area contributed by atoms with E-state index in [4.69, 9.17) is 5.73 Å². The van der Waals surface area contributed by atoms with Crippen LogP contribution in [0.2, 0.25) is 0 Å². The van der Waals surface area contributed by atoms with E-state index >= 15 is 0 Å². The standard InChI is InChI=1S/C21H28FN5O2/c1-14(2)7-10-26-11-8-16(9-12-26)24-21(29)18-13-19(20(23)28)27(25-18)17-5-3-15(22)4-6-17/h3-7,16,19H,8-13H2,1-2H3,(H2,23,28)(H,24,29). The van der Waals surface area contributed by atoms with Gasteiger partial charge in [-0.25, -0.2) is 4.39 Å². The molecule has 0 aliphatic carbocycles. The number of rotatable bonds is 6. The highest BCUT2D eigenvalue weighted by Gasteiger charge is 2.35. The summed E-state index contributed by atoms with van der Waals surface area (Å²) in [5.41, 5.74) is 7.59. The molecular formula is C21H28FN5O2. The van der Waals surface area contributed by atoms with Crippen LogP contribution in [0.4, 0.5) is 10.1 Å². The number of amides is 2. The smallest absolute Gasteiger partial charge is 0.267 e. The van der Waals surface area contributed by atoms with Crippen molar-refractivity contribution in [3.63, 3.8) is 0 Å². The monoisotopic (exact) mass is 401 g/mol. The van der Waals surface area contributed by atoms with Gasteiger partial charge < -0.3 is 11.1 Å². The normalized spacial score (nSPS) is 20.3. The Morgan fingerprint density at radius 3 is 2.48 bits per heavy atom. The van der Waals surface area contributed by atoms with E-state index in [0.29, 0.717) is 5.69 Å². The number of benzene rings is 1. The van der Waals surface area contributed by atoms with Crippen molar-refractivity contribution >= 4 is 23.2 Å². The number of nitrogens with zero attached hydrogens (tertiary/aromatic N) is 3. The highest BCUT2D eigenvalue weighted by molar-refractivity contribution is 6.40. The molecule has 1 atom stereocenters. The van der Waals surface area contributed by atoms with Crippen LogP contribution in [-0.2, 0) is 9.59 Å². The lowest BCUT2D eigenvalue weighted by molar-refractivity contribution is -0.119. The molecule has 2 amide bonds.